The molecule has 3 unspecified atom stereocenters. The van der Waals surface area contributed by atoms with Crippen molar-refractivity contribution >= 4 is 0 Å². The van der Waals surface area contributed by atoms with Crippen LogP contribution in [0.2, 0.25) is 0 Å². The van der Waals surface area contributed by atoms with Crippen LogP contribution in [0.4, 0.5) is 0 Å². The summed E-state index contributed by atoms with van der Waals surface area (Å²) in [5.74, 6) is 1.53. The summed E-state index contributed by atoms with van der Waals surface area (Å²) in [7, 11) is 0. The van der Waals surface area contributed by atoms with E-state index in [4.69, 9.17) is 0 Å². The van der Waals surface area contributed by atoms with E-state index >= 15 is 0 Å². The van der Waals surface area contributed by atoms with E-state index in [-0.39, 0.29) is 37.0 Å². The molecule has 1 radical (unpaired) electrons. The van der Waals surface area contributed by atoms with Crippen LogP contribution >= 0.6 is 0 Å². The molecule has 3 rings (SSSR count). The summed E-state index contributed by atoms with van der Waals surface area (Å²) in [5.41, 5.74) is 4.04. The Kier molecular flexibility index (Phi) is 13.0. The van der Waals surface area contributed by atoms with Gasteiger partial charge in [-0.1, -0.05) is 110 Å². The molecule has 1 saturated carbocycles. The van der Waals surface area contributed by atoms with Crippen LogP contribution in [0.15, 0.2) is 35.5 Å². The molecule has 0 aromatic heterocycles. The van der Waals surface area contributed by atoms with Crippen LogP contribution in [0, 0.1) is 48.3 Å². The first kappa shape index (κ1) is 30.1. The molecule has 0 N–H and O–H groups in total. The van der Waals surface area contributed by atoms with E-state index in [1.54, 1.807) is 5.57 Å². The molecular weight excluding hydrogens is 440 g/mol. The maximum absolute atomic E-state index is 3.60. The van der Waals surface area contributed by atoms with E-state index in [1.165, 1.54) is 31.3 Å². The van der Waals surface area contributed by atoms with Gasteiger partial charge in [0.1, 0.15) is 0 Å². The molecular formula is C29H49Zr. The Hall–Kier alpha value is 0.103. The average Bonchev–Trinajstić information content (AvgIpc) is 3.36. The minimum atomic E-state index is 0. The third kappa shape index (κ3) is 7.60. The summed E-state index contributed by atoms with van der Waals surface area (Å²) in [6.07, 6.45) is 21.0. The van der Waals surface area contributed by atoms with Crippen molar-refractivity contribution in [2.24, 2.45) is 28.1 Å². The second-order valence-electron chi connectivity index (χ2n) is 10.9. The van der Waals surface area contributed by atoms with Crippen molar-refractivity contribution in [1.29, 1.82) is 0 Å². The number of allylic oxidation sites excluding steroid dienone is 6. The molecule has 0 heterocycles. The molecule has 1 fully saturated rings. The van der Waals surface area contributed by atoms with Crippen molar-refractivity contribution in [3.05, 3.63) is 55.7 Å². The number of hydrogen-bond acceptors (Lipinski definition) is 0. The molecule has 0 aromatic rings. The molecule has 0 aromatic carbocycles. The van der Waals surface area contributed by atoms with Gasteiger partial charge in [-0.2, -0.15) is 25.2 Å². The van der Waals surface area contributed by atoms with Crippen LogP contribution in [-0.4, -0.2) is 0 Å². The van der Waals surface area contributed by atoms with Crippen LogP contribution in [0.1, 0.15) is 100 Å². The fourth-order valence-electron chi connectivity index (χ4n) is 4.69. The third-order valence-corrected chi connectivity index (χ3v) is 6.96. The monoisotopic (exact) mass is 487 g/mol. The van der Waals surface area contributed by atoms with Gasteiger partial charge in [-0.3, -0.25) is 0 Å². The molecule has 3 aliphatic carbocycles. The van der Waals surface area contributed by atoms with Crippen LogP contribution in [0.3, 0.4) is 0 Å². The molecule has 3 aliphatic rings. The average molecular weight is 489 g/mol. The smallest absolute Gasteiger partial charge is 0.343 e. The van der Waals surface area contributed by atoms with Crippen molar-refractivity contribution in [3.63, 3.8) is 0 Å². The maximum Gasteiger partial charge on any atom is 3.00 e. The van der Waals surface area contributed by atoms with Crippen molar-refractivity contribution in [1.82, 2.24) is 0 Å². The minimum Gasteiger partial charge on any atom is -0.343 e. The number of rotatable bonds is 3. The second kappa shape index (κ2) is 13.0. The Morgan fingerprint density at radius 3 is 2.00 bits per heavy atom. The topological polar surface area (TPSA) is 0 Å². The molecule has 0 bridgehead atoms. The van der Waals surface area contributed by atoms with Gasteiger partial charge in [0.05, 0.1) is 0 Å². The summed E-state index contributed by atoms with van der Waals surface area (Å²) in [4.78, 5) is 0. The third-order valence-electron chi connectivity index (χ3n) is 6.96. The van der Waals surface area contributed by atoms with Gasteiger partial charge in [-0.05, 0) is 22.8 Å². The Morgan fingerprint density at radius 2 is 1.57 bits per heavy atom. The standard InChI is InChI=1S/C21H31.2C4H9.Zr/c1-19(2,3)15-10-11-16(14-15)21(6)13-12-20(4,5)17-8-7-9-18(17)21;2*1-3-4-2;/h8,10,12-14,17-18H,7,9,11H2,1-6H3;2*1,3-4H2,2H3;/q3*-1;+3. The number of fused-ring (bicyclic) bond motifs is 1. The first-order valence-corrected chi connectivity index (χ1v) is 12.0. The minimum absolute atomic E-state index is 0. The van der Waals surface area contributed by atoms with Gasteiger partial charge < -0.3 is 20.3 Å². The molecule has 169 valence electrons. The number of unbranched alkanes of at least 4 members (excludes halogenated alkanes) is 2. The van der Waals surface area contributed by atoms with E-state index in [2.05, 4.69) is 100.0 Å². The van der Waals surface area contributed by atoms with Gasteiger partial charge in [0.15, 0.2) is 0 Å². The SMILES string of the molecule is CC(C)(C)C1=CCC(C2(C)C=CC(C)(C)C3[CH-]CCC32)=C1.[CH2-]CCC.[CH2-]CCC.[Zr+3]. The van der Waals surface area contributed by atoms with Gasteiger partial charge >= 0.3 is 26.2 Å². The van der Waals surface area contributed by atoms with Gasteiger partial charge in [-0.25, -0.2) is 0 Å². The summed E-state index contributed by atoms with van der Waals surface area (Å²) in [6, 6.07) is 0. The molecule has 0 nitrogen and oxygen atoms in total. The van der Waals surface area contributed by atoms with E-state index in [9.17, 15) is 0 Å². The Labute approximate surface area is 209 Å². The fourth-order valence-corrected chi connectivity index (χ4v) is 4.69. The van der Waals surface area contributed by atoms with E-state index in [1.807, 2.05) is 0 Å². The van der Waals surface area contributed by atoms with Crippen molar-refractivity contribution in [3.8, 4) is 0 Å². The Balaban J connectivity index is 0.000000808. The van der Waals surface area contributed by atoms with Crippen LogP contribution < -0.4 is 0 Å². The van der Waals surface area contributed by atoms with Gasteiger partial charge in [0.25, 0.3) is 0 Å². The van der Waals surface area contributed by atoms with Gasteiger partial charge in [-0.15, -0.1) is 0 Å². The molecule has 0 aliphatic heterocycles. The molecule has 3 atom stereocenters. The van der Waals surface area contributed by atoms with E-state index in [0.29, 0.717) is 5.41 Å². The van der Waals surface area contributed by atoms with E-state index < -0.39 is 0 Å². The quantitative estimate of drug-likeness (QED) is 0.274. The molecule has 0 saturated heterocycles. The normalized spacial score (nSPS) is 28.7. The van der Waals surface area contributed by atoms with E-state index in [0.717, 1.165) is 31.1 Å². The number of hydrogen-bond donors (Lipinski definition) is 0. The van der Waals surface area contributed by atoms with Crippen LogP contribution in [0.5, 0.6) is 0 Å². The Morgan fingerprint density at radius 1 is 1.03 bits per heavy atom. The predicted molar refractivity (Wildman–Crippen MR) is 132 cm³/mol. The zero-order valence-electron chi connectivity index (χ0n) is 21.4. The summed E-state index contributed by atoms with van der Waals surface area (Å²) in [5, 5.41) is 0. The first-order chi connectivity index (χ1) is 13.5. The molecule has 0 spiro atoms. The zero-order chi connectivity index (χ0) is 22.3. The van der Waals surface area contributed by atoms with Crippen LogP contribution in [-0.2, 0) is 26.2 Å². The largest absolute Gasteiger partial charge is 3.00 e. The summed E-state index contributed by atoms with van der Waals surface area (Å²) >= 11 is 0. The first-order valence-electron chi connectivity index (χ1n) is 12.0. The fraction of sp³-hybridized carbons (Fsp3) is 0.690. The van der Waals surface area contributed by atoms with Crippen molar-refractivity contribution < 1.29 is 26.2 Å². The Bertz CT molecular complexity index is 576. The second-order valence-corrected chi connectivity index (χ2v) is 10.9. The maximum atomic E-state index is 3.60. The molecule has 0 amide bonds. The predicted octanol–water partition coefficient (Wildman–Crippen LogP) is 9.36. The zero-order valence-corrected chi connectivity index (χ0v) is 23.9. The van der Waals surface area contributed by atoms with Crippen molar-refractivity contribution in [2.75, 3.05) is 0 Å². The molecule has 1 heteroatoms. The molecule has 30 heavy (non-hydrogen) atoms. The van der Waals surface area contributed by atoms with Gasteiger partial charge in [0.2, 0.25) is 0 Å². The van der Waals surface area contributed by atoms with Gasteiger partial charge in [0, 0.05) is 5.41 Å². The van der Waals surface area contributed by atoms with Crippen molar-refractivity contribution in [2.45, 2.75) is 100 Å². The summed E-state index contributed by atoms with van der Waals surface area (Å²) < 4.78 is 0. The summed E-state index contributed by atoms with van der Waals surface area (Å²) in [6.45, 7) is 25.7. The van der Waals surface area contributed by atoms with Crippen LogP contribution in [0.25, 0.3) is 0 Å².